The number of likely N-dealkylation sites (tertiary alicyclic amines) is 1. The van der Waals surface area contributed by atoms with Crippen molar-refractivity contribution < 1.29 is 18.0 Å². The third kappa shape index (κ3) is 5.78. The predicted octanol–water partition coefficient (Wildman–Crippen LogP) is 2.48. The minimum absolute atomic E-state index is 0.0546. The molecule has 2 aliphatic rings. The summed E-state index contributed by atoms with van der Waals surface area (Å²) in [6, 6.07) is 9.48. The quantitative estimate of drug-likeness (QED) is 0.632. The Bertz CT molecular complexity index is 898. The van der Waals surface area contributed by atoms with Crippen LogP contribution >= 0.6 is 0 Å². The van der Waals surface area contributed by atoms with E-state index in [-0.39, 0.29) is 29.9 Å². The number of nitrogens with one attached hydrogen (secondary N) is 1. The number of benzene rings is 1. The summed E-state index contributed by atoms with van der Waals surface area (Å²) in [6.07, 6.45) is 4.48. The molecule has 0 radical (unpaired) electrons. The monoisotopic (exact) mass is 461 g/mol. The summed E-state index contributed by atoms with van der Waals surface area (Å²) in [5, 5.41) is 2.43. The van der Waals surface area contributed by atoms with Crippen molar-refractivity contribution in [3.63, 3.8) is 0 Å². The molecule has 0 bridgehead atoms. The third-order valence-electron chi connectivity index (χ3n) is 6.63. The third-order valence-corrected chi connectivity index (χ3v) is 9.25. The van der Waals surface area contributed by atoms with Crippen LogP contribution in [0.25, 0.3) is 0 Å². The van der Waals surface area contributed by atoms with Gasteiger partial charge in [-0.25, -0.2) is 8.42 Å². The zero-order valence-corrected chi connectivity index (χ0v) is 19.9. The summed E-state index contributed by atoms with van der Waals surface area (Å²) in [7, 11) is -3.48. The highest BCUT2D eigenvalue weighted by atomic mass is 32.2. The van der Waals surface area contributed by atoms with Crippen LogP contribution in [0.15, 0.2) is 43.0 Å². The first-order valence-corrected chi connectivity index (χ1v) is 13.0. The lowest BCUT2D eigenvalue weighted by Gasteiger charge is -2.44. The van der Waals surface area contributed by atoms with Gasteiger partial charge in [-0.15, -0.1) is 0 Å². The van der Waals surface area contributed by atoms with E-state index in [0.717, 1.165) is 5.56 Å². The molecule has 7 nitrogen and oxygen atoms in total. The van der Waals surface area contributed by atoms with Gasteiger partial charge in [-0.05, 0) is 57.6 Å². The second-order valence-corrected chi connectivity index (χ2v) is 11.1. The van der Waals surface area contributed by atoms with Gasteiger partial charge in [0, 0.05) is 37.6 Å². The van der Waals surface area contributed by atoms with Crippen molar-refractivity contribution in [3.8, 4) is 0 Å². The van der Waals surface area contributed by atoms with Crippen molar-refractivity contribution in [2.45, 2.75) is 75.7 Å². The first-order valence-electron chi connectivity index (χ1n) is 11.5. The SMILES string of the molecule is C=CC(=O)NC1CC(C)N(S(=O)(=O)C2CCN(C(=O)CCc3ccccc3)CC2)C(C)C1. The summed E-state index contributed by atoms with van der Waals surface area (Å²) < 4.78 is 28.5. The van der Waals surface area contributed by atoms with E-state index >= 15 is 0 Å². The number of hydrogen-bond donors (Lipinski definition) is 1. The molecule has 2 saturated heterocycles. The van der Waals surface area contributed by atoms with E-state index < -0.39 is 15.3 Å². The van der Waals surface area contributed by atoms with E-state index in [9.17, 15) is 18.0 Å². The average molecular weight is 462 g/mol. The molecule has 0 aliphatic carbocycles. The lowest BCUT2D eigenvalue weighted by molar-refractivity contribution is -0.132. The maximum Gasteiger partial charge on any atom is 0.243 e. The lowest BCUT2D eigenvalue weighted by Crippen LogP contribution is -2.57. The van der Waals surface area contributed by atoms with Crippen LogP contribution in [0.5, 0.6) is 0 Å². The Labute approximate surface area is 191 Å². The van der Waals surface area contributed by atoms with Crippen molar-refractivity contribution in [1.29, 1.82) is 0 Å². The topological polar surface area (TPSA) is 86.8 Å². The van der Waals surface area contributed by atoms with Crippen molar-refractivity contribution in [3.05, 3.63) is 48.6 Å². The van der Waals surface area contributed by atoms with Crippen LogP contribution in [0.1, 0.15) is 51.5 Å². The Morgan fingerprint density at radius 2 is 1.69 bits per heavy atom. The number of hydrogen-bond acceptors (Lipinski definition) is 4. The second kappa shape index (κ2) is 10.6. The number of carbonyl (C=O) groups is 2. The minimum atomic E-state index is -3.48. The van der Waals surface area contributed by atoms with Crippen molar-refractivity contribution in [2.24, 2.45) is 0 Å². The molecule has 0 saturated carbocycles. The normalized spacial score (nSPS) is 25.3. The largest absolute Gasteiger partial charge is 0.350 e. The van der Waals surface area contributed by atoms with E-state index in [4.69, 9.17) is 0 Å². The van der Waals surface area contributed by atoms with Gasteiger partial charge in [0.05, 0.1) is 5.25 Å². The van der Waals surface area contributed by atoms with Gasteiger partial charge in [-0.1, -0.05) is 36.9 Å². The second-order valence-electron chi connectivity index (χ2n) is 9.02. The molecule has 3 rings (SSSR count). The van der Waals surface area contributed by atoms with E-state index in [1.807, 2.05) is 44.2 Å². The summed E-state index contributed by atoms with van der Waals surface area (Å²) in [5.74, 6) is -0.139. The van der Waals surface area contributed by atoms with Crippen LogP contribution in [0, 0.1) is 0 Å². The van der Waals surface area contributed by atoms with Crippen LogP contribution < -0.4 is 5.32 Å². The molecule has 2 aliphatic heterocycles. The van der Waals surface area contributed by atoms with Crippen molar-refractivity contribution >= 4 is 21.8 Å². The molecule has 1 aromatic carbocycles. The number of carbonyl (C=O) groups excluding carboxylic acids is 2. The van der Waals surface area contributed by atoms with Crippen molar-refractivity contribution in [1.82, 2.24) is 14.5 Å². The number of aryl methyl sites for hydroxylation is 1. The first kappa shape index (κ1) is 24.5. The van der Waals surface area contributed by atoms with Crippen LogP contribution in [-0.2, 0) is 26.0 Å². The summed E-state index contributed by atoms with van der Waals surface area (Å²) in [5.41, 5.74) is 1.13. The minimum Gasteiger partial charge on any atom is -0.350 e. The highest BCUT2D eigenvalue weighted by Crippen LogP contribution is 2.31. The van der Waals surface area contributed by atoms with E-state index in [0.29, 0.717) is 51.6 Å². The number of sulfonamides is 1. The molecule has 2 fully saturated rings. The fourth-order valence-corrected chi connectivity index (χ4v) is 7.40. The van der Waals surface area contributed by atoms with Gasteiger partial charge in [-0.2, -0.15) is 4.31 Å². The zero-order valence-electron chi connectivity index (χ0n) is 19.1. The Balaban J connectivity index is 1.54. The number of nitrogens with zero attached hydrogens (tertiary/aromatic N) is 2. The molecule has 2 atom stereocenters. The van der Waals surface area contributed by atoms with Gasteiger partial charge in [0.25, 0.3) is 0 Å². The van der Waals surface area contributed by atoms with Gasteiger partial charge in [-0.3, -0.25) is 9.59 Å². The van der Waals surface area contributed by atoms with E-state index in [1.165, 1.54) is 6.08 Å². The van der Waals surface area contributed by atoms with Gasteiger partial charge in [0.1, 0.15) is 0 Å². The molecule has 32 heavy (non-hydrogen) atoms. The maximum absolute atomic E-state index is 13.5. The van der Waals surface area contributed by atoms with E-state index in [1.54, 1.807) is 9.21 Å². The van der Waals surface area contributed by atoms with Gasteiger partial charge in [0.2, 0.25) is 21.8 Å². The summed E-state index contributed by atoms with van der Waals surface area (Å²) in [4.78, 5) is 26.1. The molecule has 1 aromatic rings. The smallest absolute Gasteiger partial charge is 0.243 e. The van der Waals surface area contributed by atoms with E-state index in [2.05, 4.69) is 11.9 Å². The Kier molecular flexibility index (Phi) is 8.11. The average Bonchev–Trinajstić information content (AvgIpc) is 2.77. The highest BCUT2D eigenvalue weighted by Gasteiger charge is 2.43. The van der Waals surface area contributed by atoms with Crippen molar-refractivity contribution in [2.75, 3.05) is 13.1 Å². The Hall–Kier alpha value is -2.19. The predicted molar refractivity (Wildman–Crippen MR) is 125 cm³/mol. The molecule has 0 aromatic heterocycles. The van der Waals surface area contributed by atoms with Gasteiger partial charge < -0.3 is 10.2 Å². The lowest BCUT2D eigenvalue weighted by atomic mass is 9.95. The summed E-state index contributed by atoms with van der Waals surface area (Å²) in [6.45, 7) is 8.25. The molecule has 2 unspecified atom stereocenters. The maximum atomic E-state index is 13.5. The number of rotatable bonds is 7. The first-order chi connectivity index (χ1) is 15.2. The van der Waals surface area contributed by atoms with Crippen LogP contribution in [-0.4, -0.2) is 65.9 Å². The fourth-order valence-electron chi connectivity index (χ4n) is 5.07. The van der Waals surface area contributed by atoms with Crippen LogP contribution in [0.4, 0.5) is 0 Å². The standard InChI is InChI=1S/C24H35N3O4S/c1-4-23(28)25-21-16-18(2)27(19(3)17-21)32(30,31)22-12-14-26(15-13-22)24(29)11-10-20-8-6-5-7-9-20/h4-9,18-19,21-22H,1,10-17H2,2-3H3,(H,25,28). The molecule has 1 N–H and O–H groups in total. The molecular weight excluding hydrogens is 426 g/mol. The molecule has 2 heterocycles. The van der Waals surface area contributed by atoms with Crippen LogP contribution in [0.3, 0.4) is 0 Å². The number of piperidine rings is 2. The highest BCUT2D eigenvalue weighted by molar-refractivity contribution is 7.89. The Morgan fingerprint density at radius 1 is 1.09 bits per heavy atom. The molecule has 8 heteroatoms. The molecular formula is C24H35N3O4S. The molecule has 176 valence electrons. The molecule has 2 amide bonds. The van der Waals surface area contributed by atoms with Crippen LogP contribution in [0.2, 0.25) is 0 Å². The Morgan fingerprint density at radius 3 is 2.25 bits per heavy atom. The zero-order chi connectivity index (χ0) is 23.3. The van der Waals surface area contributed by atoms with Gasteiger partial charge in [0.15, 0.2) is 0 Å². The number of amides is 2. The van der Waals surface area contributed by atoms with Gasteiger partial charge >= 0.3 is 0 Å². The fraction of sp³-hybridized carbons (Fsp3) is 0.583. The summed E-state index contributed by atoms with van der Waals surface area (Å²) >= 11 is 0. The molecule has 0 spiro atoms.